The van der Waals surface area contributed by atoms with Crippen LogP contribution in [0.1, 0.15) is 84.2 Å². The van der Waals surface area contributed by atoms with Crippen molar-refractivity contribution in [1.29, 1.82) is 0 Å². The Balaban J connectivity index is 1.51. The maximum absolute atomic E-state index is 12.4. The molecule has 2 aromatic rings. The van der Waals surface area contributed by atoms with Gasteiger partial charge in [-0.1, -0.05) is 26.7 Å². The predicted molar refractivity (Wildman–Crippen MR) is 139 cm³/mol. The molecule has 2 N–H and O–H groups in total. The molecule has 0 unspecified atom stereocenters. The van der Waals surface area contributed by atoms with E-state index < -0.39 is 0 Å². The summed E-state index contributed by atoms with van der Waals surface area (Å²) < 4.78 is 10.5. The molecule has 200 valence electrons. The van der Waals surface area contributed by atoms with E-state index in [1.54, 1.807) is 36.4 Å². The van der Waals surface area contributed by atoms with Crippen LogP contribution >= 0.6 is 0 Å². The third kappa shape index (κ3) is 6.43. The smallest absolute Gasteiger partial charge is 0.338 e. The lowest BCUT2D eigenvalue weighted by Gasteiger charge is -2.32. The molecule has 1 aliphatic heterocycles. The second-order valence-corrected chi connectivity index (χ2v) is 10.0. The van der Waals surface area contributed by atoms with Crippen LogP contribution in [0.4, 0.5) is 0 Å². The molecule has 2 fully saturated rings. The van der Waals surface area contributed by atoms with E-state index >= 15 is 0 Å². The molecule has 8 heteroatoms. The minimum absolute atomic E-state index is 0.161. The summed E-state index contributed by atoms with van der Waals surface area (Å²) in [4.78, 5) is 29.4. The number of esters is 2. The molecule has 0 bridgehead atoms. The SMILES string of the molecule is CCCOC(=O)c1ccc(O)c(CN2CN(Cc3cc(C(=O)OCCC)ccc3O)[C@@H]3CCCC[C@H]32)c1. The average Bonchev–Trinajstić information content (AvgIpc) is 3.25. The number of nitrogens with zero attached hydrogens (tertiary/aromatic N) is 2. The van der Waals surface area contributed by atoms with Gasteiger partial charge in [-0.05, 0) is 62.1 Å². The van der Waals surface area contributed by atoms with Gasteiger partial charge in [-0.3, -0.25) is 9.80 Å². The first kappa shape index (κ1) is 26.9. The van der Waals surface area contributed by atoms with Gasteiger partial charge in [0.25, 0.3) is 0 Å². The van der Waals surface area contributed by atoms with Gasteiger partial charge in [0, 0.05) is 36.3 Å². The van der Waals surface area contributed by atoms with Gasteiger partial charge in [0.1, 0.15) is 11.5 Å². The Labute approximate surface area is 218 Å². The Hall–Kier alpha value is -3.10. The predicted octanol–water partition coefficient (Wildman–Crippen LogP) is 4.82. The molecule has 37 heavy (non-hydrogen) atoms. The summed E-state index contributed by atoms with van der Waals surface area (Å²) in [6.07, 6.45) is 5.89. The van der Waals surface area contributed by atoms with E-state index in [1.807, 2.05) is 13.8 Å². The first-order valence-electron chi connectivity index (χ1n) is 13.4. The summed E-state index contributed by atoms with van der Waals surface area (Å²) in [5, 5.41) is 21.1. The minimum Gasteiger partial charge on any atom is -0.508 e. The quantitative estimate of drug-likeness (QED) is 0.439. The number of carbonyl (C=O) groups is 2. The molecule has 0 aromatic heterocycles. The van der Waals surface area contributed by atoms with Gasteiger partial charge in [0.15, 0.2) is 0 Å². The van der Waals surface area contributed by atoms with Crippen molar-refractivity contribution in [2.24, 2.45) is 0 Å². The number of phenols is 2. The third-order valence-electron chi connectivity index (χ3n) is 7.25. The van der Waals surface area contributed by atoms with E-state index in [1.165, 1.54) is 0 Å². The maximum atomic E-state index is 12.4. The number of hydrogen-bond acceptors (Lipinski definition) is 8. The minimum atomic E-state index is -0.380. The van der Waals surface area contributed by atoms with Crippen molar-refractivity contribution in [1.82, 2.24) is 9.80 Å². The topological polar surface area (TPSA) is 99.5 Å². The Kier molecular flexibility index (Phi) is 9.05. The zero-order valence-electron chi connectivity index (χ0n) is 21.8. The number of hydrogen-bond donors (Lipinski definition) is 2. The van der Waals surface area contributed by atoms with Crippen LogP contribution in [-0.4, -0.2) is 63.9 Å². The highest BCUT2D eigenvalue weighted by molar-refractivity contribution is 5.90. The summed E-state index contributed by atoms with van der Waals surface area (Å²) in [6.45, 7) is 6.30. The van der Waals surface area contributed by atoms with Crippen LogP contribution in [0, 0.1) is 0 Å². The third-order valence-corrected chi connectivity index (χ3v) is 7.25. The number of benzene rings is 2. The molecule has 2 atom stereocenters. The largest absolute Gasteiger partial charge is 0.508 e. The van der Waals surface area contributed by atoms with E-state index in [0.29, 0.717) is 67.3 Å². The van der Waals surface area contributed by atoms with E-state index in [2.05, 4.69) is 9.80 Å². The van der Waals surface area contributed by atoms with Crippen molar-refractivity contribution in [2.75, 3.05) is 19.9 Å². The van der Waals surface area contributed by atoms with Crippen LogP contribution in [0.25, 0.3) is 0 Å². The first-order chi connectivity index (χ1) is 17.9. The van der Waals surface area contributed by atoms with Crippen molar-refractivity contribution in [3.8, 4) is 11.5 Å². The lowest BCUT2D eigenvalue weighted by molar-refractivity contribution is 0.0495. The van der Waals surface area contributed by atoms with Gasteiger partial charge in [-0.2, -0.15) is 0 Å². The normalized spacial score (nSPS) is 19.9. The summed E-state index contributed by atoms with van der Waals surface area (Å²) in [7, 11) is 0. The fourth-order valence-electron chi connectivity index (χ4n) is 5.39. The van der Waals surface area contributed by atoms with E-state index in [4.69, 9.17) is 9.47 Å². The van der Waals surface area contributed by atoms with Gasteiger partial charge in [0.05, 0.1) is 31.0 Å². The highest BCUT2D eigenvalue weighted by Crippen LogP contribution is 2.36. The van der Waals surface area contributed by atoms with Gasteiger partial charge >= 0.3 is 11.9 Å². The van der Waals surface area contributed by atoms with Crippen LogP contribution < -0.4 is 0 Å². The molecule has 2 aromatic carbocycles. The van der Waals surface area contributed by atoms with E-state index in [0.717, 1.165) is 38.5 Å². The Bertz CT molecular complexity index is 1020. The fourth-order valence-corrected chi connectivity index (χ4v) is 5.39. The van der Waals surface area contributed by atoms with Crippen LogP contribution in [0.5, 0.6) is 11.5 Å². The van der Waals surface area contributed by atoms with Crippen LogP contribution in [0.2, 0.25) is 0 Å². The number of aromatic hydroxyl groups is 2. The lowest BCUT2D eigenvalue weighted by atomic mass is 9.89. The summed E-state index contributed by atoms with van der Waals surface area (Å²) in [5.41, 5.74) is 2.27. The van der Waals surface area contributed by atoms with Gasteiger partial charge in [0.2, 0.25) is 0 Å². The number of fused-ring (bicyclic) bond motifs is 1. The monoisotopic (exact) mass is 510 g/mol. The van der Waals surface area contributed by atoms with Crippen molar-refractivity contribution in [2.45, 2.75) is 77.5 Å². The molecular weight excluding hydrogens is 472 g/mol. The molecule has 1 heterocycles. The van der Waals surface area contributed by atoms with Crippen LogP contribution in [-0.2, 0) is 22.6 Å². The molecule has 2 aliphatic rings. The molecule has 4 rings (SSSR count). The number of carbonyl (C=O) groups excluding carboxylic acids is 2. The Morgan fingerprint density at radius 3 is 1.62 bits per heavy atom. The molecule has 8 nitrogen and oxygen atoms in total. The number of rotatable bonds is 10. The highest BCUT2D eigenvalue weighted by Gasteiger charge is 2.41. The summed E-state index contributed by atoms with van der Waals surface area (Å²) in [5.74, 6) is -0.438. The average molecular weight is 511 g/mol. The van der Waals surface area contributed by atoms with Gasteiger partial charge < -0.3 is 19.7 Å². The fraction of sp³-hybridized carbons (Fsp3) is 0.517. The molecule has 1 aliphatic carbocycles. The number of phenolic OH excluding ortho intramolecular Hbond substituents is 2. The molecular formula is C29H38N2O6. The van der Waals surface area contributed by atoms with Crippen molar-refractivity contribution in [3.05, 3.63) is 58.7 Å². The molecule has 1 saturated carbocycles. The molecule has 0 amide bonds. The molecule has 0 spiro atoms. The van der Waals surface area contributed by atoms with E-state index in [9.17, 15) is 19.8 Å². The van der Waals surface area contributed by atoms with Crippen molar-refractivity contribution < 1.29 is 29.3 Å². The summed E-state index contributed by atoms with van der Waals surface area (Å²) in [6, 6.07) is 10.4. The van der Waals surface area contributed by atoms with Gasteiger partial charge in [-0.25, -0.2) is 9.59 Å². The first-order valence-corrected chi connectivity index (χ1v) is 13.4. The zero-order valence-corrected chi connectivity index (χ0v) is 21.8. The molecule has 1 saturated heterocycles. The maximum Gasteiger partial charge on any atom is 0.338 e. The second kappa shape index (κ2) is 12.4. The Morgan fingerprint density at radius 2 is 1.22 bits per heavy atom. The van der Waals surface area contributed by atoms with Crippen LogP contribution in [0.3, 0.4) is 0 Å². The van der Waals surface area contributed by atoms with Gasteiger partial charge in [-0.15, -0.1) is 0 Å². The standard InChI is InChI=1S/C29H38N2O6/c1-3-13-36-28(34)20-9-11-26(32)22(15-20)17-30-19-31(25-8-6-5-7-24(25)30)18-23-16-21(10-12-27(23)33)29(35)37-14-4-2/h9-12,15-16,24-25,32-33H,3-8,13-14,17-19H2,1-2H3/t24-,25-/m1/s1. The highest BCUT2D eigenvalue weighted by atomic mass is 16.5. The van der Waals surface area contributed by atoms with Crippen molar-refractivity contribution in [3.63, 3.8) is 0 Å². The van der Waals surface area contributed by atoms with E-state index in [-0.39, 0.29) is 23.4 Å². The Morgan fingerprint density at radius 1 is 0.784 bits per heavy atom. The zero-order chi connectivity index (χ0) is 26.4. The molecule has 0 radical (unpaired) electrons. The second-order valence-electron chi connectivity index (χ2n) is 10.0. The van der Waals surface area contributed by atoms with Crippen LogP contribution in [0.15, 0.2) is 36.4 Å². The lowest BCUT2D eigenvalue weighted by Crippen LogP contribution is -2.39. The van der Waals surface area contributed by atoms with Crippen molar-refractivity contribution >= 4 is 11.9 Å². The summed E-state index contributed by atoms with van der Waals surface area (Å²) >= 11 is 0. The number of ether oxygens (including phenoxy) is 2.